The molecule has 0 aliphatic carbocycles. The fourth-order valence-electron chi connectivity index (χ4n) is 2.06. The van der Waals surface area contributed by atoms with E-state index in [-0.39, 0.29) is 17.7 Å². The lowest BCUT2D eigenvalue weighted by Gasteiger charge is -2.13. The molecule has 2 aromatic carbocycles. The van der Waals surface area contributed by atoms with Crippen LogP contribution in [0.2, 0.25) is 0 Å². The largest absolute Gasteiger partial charge is 0.497 e. The molecule has 134 valence electrons. The molecule has 2 aromatic rings. The zero-order chi connectivity index (χ0) is 18.4. The molecule has 0 saturated carbocycles. The zero-order valence-corrected chi connectivity index (χ0v) is 14.6. The van der Waals surface area contributed by atoms with Crippen LogP contribution in [0.3, 0.4) is 0 Å². The van der Waals surface area contributed by atoms with Crippen LogP contribution in [0.5, 0.6) is 5.75 Å². The minimum atomic E-state index is -4.36. The van der Waals surface area contributed by atoms with Crippen LogP contribution in [-0.4, -0.2) is 18.3 Å². The smallest absolute Gasteiger partial charge is 0.416 e. The van der Waals surface area contributed by atoms with E-state index in [1.807, 2.05) is 24.3 Å². The molecule has 0 radical (unpaired) electrons. The van der Waals surface area contributed by atoms with Gasteiger partial charge in [0.05, 0.1) is 17.9 Å². The van der Waals surface area contributed by atoms with E-state index < -0.39 is 11.7 Å². The Hall–Kier alpha value is -2.15. The van der Waals surface area contributed by atoms with Crippen LogP contribution in [0.25, 0.3) is 0 Å². The van der Waals surface area contributed by atoms with Crippen LogP contribution in [0, 0.1) is 0 Å². The van der Waals surface area contributed by atoms with Crippen molar-refractivity contribution >= 4 is 17.7 Å². The van der Waals surface area contributed by atoms with Gasteiger partial charge in [-0.05, 0) is 48.9 Å². The number of carbonyl (C=O) groups is 1. The van der Waals surface area contributed by atoms with Gasteiger partial charge in [-0.3, -0.25) is 4.79 Å². The molecule has 0 heterocycles. The standard InChI is InChI=1S/C18H18F3NO2S/c1-12(25-16-9-7-15(24-2)8-10-16)17(23)22-11-13-3-5-14(6-4-13)18(19,20)21/h3-10,12H,11H2,1-2H3,(H,22,23). The second-order valence-corrected chi connectivity index (χ2v) is 6.76. The molecule has 7 heteroatoms. The number of halogens is 3. The molecule has 1 N–H and O–H groups in total. The van der Waals surface area contributed by atoms with E-state index >= 15 is 0 Å². The maximum absolute atomic E-state index is 12.5. The first-order valence-electron chi connectivity index (χ1n) is 7.54. The fourth-order valence-corrected chi connectivity index (χ4v) is 2.95. The first-order valence-corrected chi connectivity index (χ1v) is 8.42. The minimum absolute atomic E-state index is 0.180. The lowest BCUT2D eigenvalue weighted by molar-refractivity contribution is -0.137. The van der Waals surface area contributed by atoms with E-state index in [4.69, 9.17) is 4.74 Å². The van der Waals surface area contributed by atoms with Gasteiger partial charge in [-0.1, -0.05) is 12.1 Å². The fraction of sp³-hybridized carbons (Fsp3) is 0.278. The van der Waals surface area contributed by atoms with Gasteiger partial charge < -0.3 is 10.1 Å². The van der Waals surface area contributed by atoms with Crippen molar-refractivity contribution in [1.29, 1.82) is 0 Å². The molecule has 0 saturated heterocycles. The van der Waals surface area contributed by atoms with E-state index in [0.29, 0.717) is 5.56 Å². The number of amides is 1. The second kappa shape index (κ2) is 8.29. The maximum Gasteiger partial charge on any atom is 0.416 e. The first-order chi connectivity index (χ1) is 11.8. The number of rotatable bonds is 6. The third-order valence-electron chi connectivity index (χ3n) is 3.49. The van der Waals surface area contributed by atoms with E-state index in [2.05, 4.69) is 5.32 Å². The van der Waals surface area contributed by atoms with Crippen molar-refractivity contribution in [2.45, 2.75) is 29.8 Å². The van der Waals surface area contributed by atoms with Crippen molar-refractivity contribution in [1.82, 2.24) is 5.32 Å². The summed E-state index contributed by atoms with van der Waals surface area (Å²) in [5.74, 6) is 0.560. The van der Waals surface area contributed by atoms with Crippen molar-refractivity contribution in [3.05, 3.63) is 59.7 Å². The van der Waals surface area contributed by atoms with Crippen molar-refractivity contribution in [3.63, 3.8) is 0 Å². The summed E-state index contributed by atoms with van der Waals surface area (Å²) in [7, 11) is 1.58. The predicted octanol–water partition coefficient (Wildman–Crippen LogP) is 4.51. The Balaban J connectivity index is 1.86. The molecule has 0 spiro atoms. The Morgan fingerprint density at radius 3 is 2.24 bits per heavy atom. The second-order valence-electron chi connectivity index (χ2n) is 5.35. The van der Waals surface area contributed by atoms with Gasteiger partial charge in [-0.15, -0.1) is 11.8 Å². The SMILES string of the molecule is COc1ccc(SC(C)C(=O)NCc2ccc(C(F)(F)F)cc2)cc1. The Kier molecular flexibility index (Phi) is 6.36. The molecule has 0 fully saturated rings. The summed E-state index contributed by atoms with van der Waals surface area (Å²) >= 11 is 1.40. The van der Waals surface area contributed by atoms with Crippen molar-refractivity contribution < 1.29 is 22.7 Å². The topological polar surface area (TPSA) is 38.3 Å². The molecule has 1 atom stereocenters. The number of thioether (sulfide) groups is 1. The van der Waals surface area contributed by atoms with E-state index in [0.717, 1.165) is 22.8 Å². The molecule has 0 aliphatic heterocycles. The van der Waals surface area contributed by atoms with Gasteiger partial charge in [-0.2, -0.15) is 13.2 Å². The molecule has 0 aromatic heterocycles. The quantitative estimate of drug-likeness (QED) is 0.762. The number of ether oxygens (including phenoxy) is 1. The monoisotopic (exact) mass is 369 g/mol. The summed E-state index contributed by atoms with van der Waals surface area (Å²) < 4.78 is 42.6. The van der Waals surface area contributed by atoms with Gasteiger partial charge in [0.25, 0.3) is 0 Å². The minimum Gasteiger partial charge on any atom is -0.497 e. The molecule has 0 aliphatic rings. The predicted molar refractivity (Wildman–Crippen MR) is 91.6 cm³/mol. The van der Waals surface area contributed by atoms with Crippen LogP contribution < -0.4 is 10.1 Å². The summed E-state index contributed by atoms with van der Waals surface area (Å²) in [5.41, 5.74) is -0.0889. The molecule has 3 nitrogen and oxygen atoms in total. The maximum atomic E-state index is 12.5. The Morgan fingerprint density at radius 1 is 1.12 bits per heavy atom. The Labute approximate surface area is 148 Å². The lowest BCUT2D eigenvalue weighted by atomic mass is 10.1. The van der Waals surface area contributed by atoms with Gasteiger partial charge in [0.1, 0.15) is 5.75 Å². The summed E-state index contributed by atoms with van der Waals surface area (Å²) in [5, 5.41) is 2.40. The van der Waals surface area contributed by atoms with Gasteiger partial charge in [0.15, 0.2) is 0 Å². The van der Waals surface area contributed by atoms with Crippen LogP contribution in [0.15, 0.2) is 53.4 Å². The third kappa shape index (κ3) is 5.70. The highest BCUT2D eigenvalue weighted by atomic mass is 32.2. The zero-order valence-electron chi connectivity index (χ0n) is 13.8. The number of methoxy groups -OCH3 is 1. The highest BCUT2D eigenvalue weighted by Gasteiger charge is 2.29. The summed E-state index contributed by atoms with van der Waals surface area (Å²) in [6.07, 6.45) is -4.36. The molecule has 1 unspecified atom stereocenters. The third-order valence-corrected chi connectivity index (χ3v) is 4.60. The van der Waals surface area contributed by atoms with Gasteiger partial charge >= 0.3 is 6.18 Å². The number of hydrogen-bond acceptors (Lipinski definition) is 3. The summed E-state index contributed by atoms with van der Waals surface area (Å²) in [6, 6.07) is 12.1. The lowest BCUT2D eigenvalue weighted by Crippen LogP contribution is -2.30. The molecule has 0 bridgehead atoms. The van der Waals surface area contributed by atoms with Crippen LogP contribution in [0.1, 0.15) is 18.1 Å². The highest BCUT2D eigenvalue weighted by molar-refractivity contribution is 8.00. The number of hydrogen-bond donors (Lipinski definition) is 1. The number of carbonyl (C=O) groups excluding carboxylic acids is 1. The van der Waals surface area contributed by atoms with Crippen molar-refractivity contribution in [3.8, 4) is 5.75 Å². The Morgan fingerprint density at radius 2 is 1.72 bits per heavy atom. The number of benzene rings is 2. The molecular formula is C18H18F3NO2S. The van der Waals surface area contributed by atoms with Crippen LogP contribution in [-0.2, 0) is 17.5 Å². The van der Waals surface area contributed by atoms with Gasteiger partial charge in [0, 0.05) is 11.4 Å². The molecule has 25 heavy (non-hydrogen) atoms. The van der Waals surface area contributed by atoms with Gasteiger partial charge in [0.2, 0.25) is 5.91 Å². The summed E-state index contributed by atoms with van der Waals surface area (Å²) in [4.78, 5) is 13.1. The summed E-state index contributed by atoms with van der Waals surface area (Å²) in [6.45, 7) is 1.96. The first kappa shape index (κ1) is 19.2. The number of nitrogens with one attached hydrogen (secondary N) is 1. The molecular weight excluding hydrogens is 351 g/mol. The highest BCUT2D eigenvalue weighted by Crippen LogP contribution is 2.29. The number of alkyl halides is 3. The molecule has 1 amide bonds. The van der Waals surface area contributed by atoms with Crippen molar-refractivity contribution in [2.24, 2.45) is 0 Å². The van der Waals surface area contributed by atoms with Crippen LogP contribution >= 0.6 is 11.8 Å². The normalized spacial score (nSPS) is 12.5. The van der Waals surface area contributed by atoms with Crippen LogP contribution in [0.4, 0.5) is 13.2 Å². The average Bonchev–Trinajstić information content (AvgIpc) is 2.60. The average molecular weight is 369 g/mol. The van der Waals surface area contributed by atoms with E-state index in [9.17, 15) is 18.0 Å². The van der Waals surface area contributed by atoms with E-state index in [1.165, 1.54) is 23.9 Å². The van der Waals surface area contributed by atoms with Crippen molar-refractivity contribution in [2.75, 3.05) is 7.11 Å². The van der Waals surface area contributed by atoms with Gasteiger partial charge in [-0.25, -0.2) is 0 Å². The Bertz CT molecular complexity index is 700. The van der Waals surface area contributed by atoms with E-state index in [1.54, 1.807) is 14.0 Å². The molecule has 2 rings (SSSR count).